The van der Waals surface area contributed by atoms with Crippen molar-refractivity contribution in [3.8, 4) is 11.5 Å². The number of nitrogens with one attached hydrogen (secondary N) is 1. The minimum atomic E-state index is -4.79. The van der Waals surface area contributed by atoms with Crippen molar-refractivity contribution in [1.29, 1.82) is 0 Å². The molecule has 0 unspecified atom stereocenters. The lowest BCUT2D eigenvalue weighted by Gasteiger charge is -2.40. The lowest BCUT2D eigenvalue weighted by atomic mass is 9.63. The Morgan fingerprint density at radius 2 is 2.04 bits per heavy atom. The van der Waals surface area contributed by atoms with E-state index in [1.807, 2.05) is 0 Å². The molecule has 2 N–H and O–H groups in total. The molecule has 1 heterocycles. The number of benzene rings is 1. The van der Waals surface area contributed by atoms with Crippen LogP contribution in [0.15, 0.2) is 42.6 Å². The molecule has 138 valence electrons. The molecule has 1 aromatic heterocycles. The predicted octanol–water partition coefficient (Wildman–Crippen LogP) is 3.42. The fourth-order valence-electron chi connectivity index (χ4n) is 3.07. The second-order valence-corrected chi connectivity index (χ2v) is 6.16. The third-order valence-electron chi connectivity index (χ3n) is 4.54. The molecular weight excluding hydrogens is 349 g/mol. The van der Waals surface area contributed by atoms with Crippen molar-refractivity contribution < 1.29 is 27.8 Å². The third kappa shape index (κ3) is 3.74. The summed E-state index contributed by atoms with van der Waals surface area (Å²) < 4.78 is 41.3. The maximum atomic E-state index is 12.7. The molecule has 2 aromatic rings. The fourth-order valence-corrected chi connectivity index (χ4v) is 3.07. The molecule has 26 heavy (non-hydrogen) atoms. The van der Waals surface area contributed by atoms with Gasteiger partial charge in [0.1, 0.15) is 17.2 Å². The molecule has 0 saturated heterocycles. The number of halogens is 3. The van der Waals surface area contributed by atoms with E-state index in [0.717, 1.165) is 6.42 Å². The molecule has 1 fully saturated rings. The van der Waals surface area contributed by atoms with Crippen LogP contribution in [0.4, 0.5) is 13.2 Å². The minimum absolute atomic E-state index is 0.0314. The van der Waals surface area contributed by atoms with Crippen molar-refractivity contribution in [3.63, 3.8) is 0 Å². The van der Waals surface area contributed by atoms with Crippen molar-refractivity contribution in [1.82, 2.24) is 10.3 Å². The summed E-state index contributed by atoms with van der Waals surface area (Å²) in [5.74, 6) is -0.689. The highest BCUT2D eigenvalue weighted by atomic mass is 19.4. The number of hydrogen-bond donors (Lipinski definition) is 2. The Bertz CT molecular complexity index is 804. The Hall–Kier alpha value is -2.77. The Balaban J connectivity index is 1.77. The summed E-state index contributed by atoms with van der Waals surface area (Å²) in [6, 6.07) is 8.55. The van der Waals surface area contributed by atoms with Crippen LogP contribution >= 0.6 is 0 Å². The average molecular weight is 366 g/mol. The van der Waals surface area contributed by atoms with E-state index in [1.54, 1.807) is 12.1 Å². The smallest absolute Gasteiger partial charge is 0.506 e. The number of aromatic nitrogens is 1. The SMILES string of the molecule is O=C(NCc1ncccc1O)C1(c2cccc(OC(F)(F)F)c2)CCC1. The van der Waals surface area contributed by atoms with Crippen LogP contribution in [0, 0.1) is 0 Å². The van der Waals surface area contributed by atoms with Crippen LogP contribution in [0.2, 0.25) is 0 Å². The van der Waals surface area contributed by atoms with E-state index in [-0.39, 0.29) is 24.0 Å². The van der Waals surface area contributed by atoms with Gasteiger partial charge in [-0.1, -0.05) is 18.6 Å². The number of alkyl halides is 3. The molecule has 1 aromatic carbocycles. The number of ether oxygens (including phenoxy) is 1. The molecule has 0 aliphatic heterocycles. The molecule has 1 aliphatic rings. The molecule has 0 radical (unpaired) electrons. The van der Waals surface area contributed by atoms with Gasteiger partial charge in [0.2, 0.25) is 5.91 Å². The van der Waals surface area contributed by atoms with E-state index in [9.17, 15) is 23.1 Å². The first-order valence-electron chi connectivity index (χ1n) is 8.08. The molecule has 8 heteroatoms. The highest BCUT2D eigenvalue weighted by Gasteiger charge is 2.46. The van der Waals surface area contributed by atoms with Gasteiger partial charge in [0.25, 0.3) is 0 Å². The number of nitrogens with zero attached hydrogens (tertiary/aromatic N) is 1. The van der Waals surface area contributed by atoms with Crippen LogP contribution in [0.1, 0.15) is 30.5 Å². The van der Waals surface area contributed by atoms with Gasteiger partial charge in [-0.25, -0.2) is 0 Å². The summed E-state index contributed by atoms with van der Waals surface area (Å²) in [7, 11) is 0. The number of aromatic hydroxyl groups is 1. The number of amides is 1. The molecule has 1 saturated carbocycles. The minimum Gasteiger partial charge on any atom is -0.506 e. The number of rotatable bonds is 5. The van der Waals surface area contributed by atoms with Gasteiger partial charge in [0, 0.05) is 6.20 Å². The van der Waals surface area contributed by atoms with Crippen molar-refractivity contribution in [2.75, 3.05) is 0 Å². The van der Waals surface area contributed by atoms with Gasteiger partial charge in [-0.2, -0.15) is 0 Å². The Kier molecular flexibility index (Phi) is 4.76. The number of pyridine rings is 1. The van der Waals surface area contributed by atoms with Crippen molar-refractivity contribution >= 4 is 5.91 Å². The first-order valence-corrected chi connectivity index (χ1v) is 8.08. The fraction of sp³-hybridized carbons (Fsp3) is 0.333. The summed E-state index contributed by atoms with van der Waals surface area (Å²) in [4.78, 5) is 16.7. The molecule has 3 rings (SSSR count). The van der Waals surface area contributed by atoms with E-state index in [4.69, 9.17) is 0 Å². The Morgan fingerprint density at radius 3 is 2.65 bits per heavy atom. The Labute approximate surface area is 147 Å². The van der Waals surface area contributed by atoms with E-state index >= 15 is 0 Å². The van der Waals surface area contributed by atoms with Crippen LogP contribution in [-0.4, -0.2) is 22.4 Å². The van der Waals surface area contributed by atoms with Gasteiger partial charge in [-0.3, -0.25) is 9.78 Å². The van der Waals surface area contributed by atoms with Gasteiger partial charge in [0.15, 0.2) is 0 Å². The quantitative estimate of drug-likeness (QED) is 0.851. The Morgan fingerprint density at radius 1 is 1.27 bits per heavy atom. The number of carbonyl (C=O) groups excluding carboxylic acids is 1. The normalized spacial score (nSPS) is 15.8. The van der Waals surface area contributed by atoms with Gasteiger partial charge >= 0.3 is 6.36 Å². The molecule has 0 bridgehead atoms. The molecule has 0 atom stereocenters. The summed E-state index contributed by atoms with van der Waals surface area (Å²) >= 11 is 0. The van der Waals surface area contributed by atoms with Crippen LogP contribution in [0.25, 0.3) is 0 Å². The number of carbonyl (C=O) groups is 1. The predicted molar refractivity (Wildman–Crippen MR) is 86.4 cm³/mol. The third-order valence-corrected chi connectivity index (χ3v) is 4.54. The first-order chi connectivity index (χ1) is 12.3. The lowest BCUT2D eigenvalue weighted by molar-refractivity contribution is -0.274. The second kappa shape index (κ2) is 6.86. The van der Waals surface area contributed by atoms with Crippen LogP contribution in [-0.2, 0) is 16.8 Å². The zero-order chi connectivity index (χ0) is 18.8. The lowest BCUT2D eigenvalue weighted by Crippen LogP contribution is -2.49. The summed E-state index contributed by atoms with van der Waals surface area (Å²) in [6.45, 7) is 0.0337. The van der Waals surface area contributed by atoms with Gasteiger partial charge < -0.3 is 15.2 Å². The molecule has 0 spiro atoms. The topological polar surface area (TPSA) is 71.5 Å². The number of hydrogen-bond acceptors (Lipinski definition) is 4. The zero-order valence-corrected chi connectivity index (χ0v) is 13.7. The van der Waals surface area contributed by atoms with Gasteiger partial charge in [0.05, 0.1) is 12.0 Å². The van der Waals surface area contributed by atoms with Crippen LogP contribution in [0.5, 0.6) is 11.5 Å². The monoisotopic (exact) mass is 366 g/mol. The van der Waals surface area contributed by atoms with E-state index in [2.05, 4.69) is 15.0 Å². The van der Waals surface area contributed by atoms with Crippen molar-refractivity contribution in [3.05, 3.63) is 53.9 Å². The van der Waals surface area contributed by atoms with E-state index < -0.39 is 11.8 Å². The highest BCUT2D eigenvalue weighted by Crippen LogP contribution is 2.45. The maximum Gasteiger partial charge on any atom is 0.573 e. The molecular formula is C18H17F3N2O3. The van der Waals surface area contributed by atoms with Crippen molar-refractivity contribution in [2.45, 2.75) is 37.6 Å². The van der Waals surface area contributed by atoms with E-state index in [0.29, 0.717) is 24.1 Å². The van der Waals surface area contributed by atoms with Gasteiger partial charge in [-0.15, -0.1) is 13.2 Å². The molecule has 5 nitrogen and oxygen atoms in total. The van der Waals surface area contributed by atoms with Crippen molar-refractivity contribution in [2.24, 2.45) is 0 Å². The summed E-state index contributed by atoms with van der Waals surface area (Å²) in [5, 5.41) is 12.4. The standard InChI is InChI=1S/C18H17F3N2O3/c19-18(20,21)26-13-5-1-4-12(10-13)17(7-3-8-17)16(25)23-11-14-15(24)6-2-9-22-14/h1-2,4-6,9-10,24H,3,7-8,11H2,(H,23,25). The maximum absolute atomic E-state index is 12.7. The first kappa shape index (κ1) is 18.0. The summed E-state index contributed by atoms with van der Waals surface area (Å²) in [6.07, 6.45) is -1.43. The second-order valence-electron chi connectivity index (χ2n) is 6.16. The van der Waals surface area contributed by atoms with Crippen LogP contribution in [0.3, 0.4) is 0 Å². The van der Waals surface area contributed by atoms with Gasteiger partial charge in [-0.05, 0) is 42.7 Å². The summed E-state index contributed by atoms with van der Waals surface area (Å²) in [5.41, 5.74) is -0.0900. The largest absolute Gasteiger partial charge is 0.573 e. The average Bonchev–Trinajstić information content (AvgIpc) is 2.52. The van der Waals surface area contributed by atoms with E-state index in [1.165, 1.54) is 30.5 Å². The zero-order valence-electron chi connectivity index (χ0n) is 13.7. The highest BCUT2D eigenvalue weighted by molar-refractivity contribution is 5.89. The molecule has 1 aliphatic carbocycles. The molecule has 1 amide bonds. The van der Waals surface area contributed by atoms with Crippen LogP contribution < -0.4 is 10.1 Å².